The average molecular weight is 329 g/mol. The predicted octanol–water partition coefficient (Wildman–Crippen LogP) is 1.70. The summed E-state index contributed by atoms with van der Waals surface area (Å²) in [6.07, 6.45) is 2.41. The van der Waals surface area contributed by atoms with E-state index in [4.69, 9.17) is 13.6 Å². The Bertz CT molecular complexity index is 560. The second-order valence-electron chi connectivity index (χ2n) is 5.10. The van der Waals surface area contributed by atoms with Crippen molar-refractivity contribution < 1.29 is 27.3 Å². The number of hydrogen-bond donors (Lipinski definition) is 1. The number of carbonyl (C=O) groups excluding carboxylic acids is 1. The minimum atomic E-state index is -2.45. The summed E-state index contributed by atoms with van der Waals surface area (Å²) < 4.78 is 34.8. The van der Waals surface area contributed by atoms with E-state index in [1.54, 1.807) is 18.2 Å². The van der Waals surface area contributed by atoms with E-state index < -0.39 is 11.4 Å². The summed E-state index contributed by atoms with van der Waals surface area (Å²) in [6, 6.07) is 5.15. The summed E-state index contributed by atoms with van der Waals surface area (Å²) in [7, 11) is 2.82. The lowest BCUT2D eigenvalue weighted by molar-refractivity contribution is -0.139. The maximum Gasteiger partial charge on any atom is 0.325 e. The molecule has 0 bridgehead atoms. The fourth-order valence-corrected chi connectivity index (χ4v) is 2.18. The molecule has 0 saturated heterocycles. The van der Waals surface area contributed by atoms with E-state index in [0.29, 0.717) is 29.5 Å². The van der Waals surface area contributed by atoms with Crippen molar-refractivity contribution >= 4 is 23.0 Å². The van der Waals surface area contributed by atoms with Gasteiger partial charge >= 0.3 is 17.3 Å². The van der Waals surface area contributed by atoms with Gasteiger partial charge in [0.2, 0.25) is 0 Å². The highest BCUT2D eigenvalue weighted by Crippen LogP contribution is 2.34. The fraction of sp³-hybridized carbons (Fsp3) is 0.500. The molecule has 1 aromatic carbocycles. The summed E-state index contributed by atoms with van der Waals surface area (Å²) in [4.78, 5) is 11.4. The summed E-state index contributed by atoms with van der Waals surface area (Å²) in [5, 5.41) is 1.15. The summed E-state index contributed by atoms with van der Waals surface area (Å²) in [6.45, 7) is 0.597. The van der Waals surface area contributed by atoms with Gasteiger partial charge in [-0.3, -0.25) is 9.35 Å². The predicted molar refractivity (Wildman–Crippen MR) is 80.6 cm³/mol. The van der Waals surface area contributed by atoms with Gasteiger partial charge in [-0.15, -0.1) is 4.28 Å². The van der Waals surface area contributed by atoms with Crippen LogP contribution in [0.4, 0.5) is 5.69 Å². The molecule has 1 unspecified atom stereocenters. The molecule has 0 amide bonds. The van der Waals surface area contributed by atoms with E-state index in [1.807, 2.05) is 0 Å². The molecule has 0 spiro atoms. The molecule has 1 aliphatic rings. The van der Waals surface area contributed by atoms with Crippen LogP contribution in [0.3, 0.4) is 0 Å². The SMILES string of the molecule is COC(=O)Cc1ccc(OCC2CC2)c(N(C)OS(=O)O)c1. The Morgan fingerprint density at radius 1 is 1.45 bits per heavy atom. The molecule has 8 heteroatoms. The molecule has 1 aliphatic carbocycles. The van der Waals surface area contributed by atoms with Gasteiger partial charge < -0.3 is 9.47 Å². The zero-order valence-corrected chi connectivity index (χ0v) is 13.3. The quantitative estimate of drug-likeness (QED) is 0.441. The van der Waals surface area contributed by atoms with Crippen LogP contribution in [0.2, 0.25) is 0 Å². The maximum absolute atomic E-state index is 11.4. The maximum atomic E-state index is 11.4. The molecule has 7 nitrogen and oxygen atoms in total. The van der Waals surface area contributed by atoms with Gasteiger partial charge in [0.15, 0.2) is 0 Å². The number of hydroxylamine groups is 1. The molecule has 1 fully saturated rings. The number of esters is 1. The summed E-state index contributed by atoms with van der Waals surface area (Å²) >= 11 is -2.45. The van der Waals surface area contributed by atoms with Crippen LogP contribution in [0.25, 0.3) is 0 Å². The largest absolute Gasteiger partial charge is 0.491 e. The van der Waals surface area contributed by atoms with Crippen molar-refractivity contribution in [3.05, 3.63) is 23.8 Å². The fourth-order valence-electron chi connectivity index (χ4n) is 1.91. The van der Waals surface area contributed by atoms with Crippen LogP contribution in [0.15, 0.2) is 18.2 Å². The Hall–Kier alpha value is -1.64. The lowest BCUT2D eigenvalue weighted by Crippen LogP contribution is -2.20. The summed E-state index contributed by atoms with van der Waals surface area (Å²) in [5.41, 5.74) is 1.17. The Morgan fingerprint density at radius 3 is 2.77 bits per heavy atom. The average Bonchev–Trinajstić information content (AvgIpc) is 3.29. The van der Waals surface area contributed by atoms with Gasteiger partial charge in [-0.25, -0.2) is 5.06 Å². The van der Waals surface area contributed by atoms with Crippen LogP contribution in [0.1, 0.15) is 18.4 Å². The van der Waals surface area contributed by atoms with Crippen molar-refractivity contribution in [1.29, 1.82) is 0 Å². The third kappa shape index (κ3) is 4.97. The van der Waals surface area contributed by atoms with Gasteiger partial charge in [-0.2, -0.15) is 4.21 Å². The molecule has 0 radical (unpaired) electrons. The molecule has 1 N–H and O–H groups in total. The third-order valence-electron chi connectivity index (χ3n) is 3.29. The number of rotatable bonds is 8. The minimum Gasteiger partial charge on any atom is -0.491 e. The number of anilines is 1. The second kappa shape index (κ2) is 7.57. The van der Waals surface area contributed by atoms with Gasteiger partial charge in [0.05, 0.1) is 20.1 Å². The molecule has 0 aromatic heterocycles. The molecule has 0 heterocycles. The first kappa shape index (κ1) is 16.7. The Morgan fingerprint density at radius 2 is 2.18 bits per heavy atom. The first-order chi connectivity index (χ1) is 10.5. The van der Waals surface area contributed by atoms with Crippen LogP contribution in [0.5, 0.6) is 5.75 Å². The number of benzene rings is 1. The van der Waals surface area contributed by atoms with Crippen LogP contribution in [-0.4, -0.2) is 35.5 Å². The van der Waals surface area contributed by atoms with Gasteiger partial charge in [-0.1, -0.05) is 6.07 Å². The molecule has 2 rings (SSSR count). The monoisotopic (exact) mass is 329 g/mol. The highest BCUT2D eigenvalue weighted by molar-refractivity contribution is 7.74. The number of methoxy groups -OCH3 is 1. The van der Waals surface area contributed by atoms with Crippen molar-refractivity contribution in [1.82, 2.24) is 0 Å². The van der Waals surface area contributed by atoms with Gasteiger partial charge in [0.25, 0.3) is 0 Å². The van der Waals surface area contributed by atoms with Crippen molar-refractivity contribution in [3.63, 3.8) is 0 Å². The normalized spacial score (nSPS) is 15.2. The Balaban J connectivity index is 2.18. The van der Waals surface area contributed by atoms with Crippen molar-refractivity contribution in [2.45, 2.75) is 19.3 Å². The van der Waals surface area contributed by atoms with Crippen LogP contribution in [0, 0.1) is 5.92 Å². The molecule has 1 atom stereocenters. The lowest BCUT2D eigenvalue weighted by atomic mass is 10.1. The number of ether oxygens (including phenoxy) is 2. The smallest absolute Gasteiger partial charge is 0.325 e. The first-order valence-electron chi connectivity index (χ1n) is 6.85. The zero-order valence-electron chi connectivity index (χ0n) is 12.5. The van der Waals surface area contributed by atoms with Crippen molar-refractivity contribution in [2.24, 2.45) is 5.92 Å². The van der Waals surface area contributed by atoms with E-state index >= 15 is 0 Å². The van der Waals surface area contributed by atoms with E-state index in [0.717, 1.165) is 17.9 Å². The van der Waals surface area contributed by atoms with Crippen LogP contribution in [-0.2, 0) is 31.6 Å². The van der Waals surface area contributed by atoms with Crippen LogP contribution >= 0.6 is 0 Å². The Kier molecular flexibility index (Phi) is 5.76. The molecule has 1 saturated carbocycles. The van der Waals surface area contributed by atoms with Crippen molar-refractivity contribution in [3.8, 4) is 5.75 Å². The molecular weight excluding hydrogens is 310 g/mol. The lowest BCUT2D eigenvalue weighted by Gasteiger charge is -2.20. The van der Waals surface area contributed by atoms with E-state index in [-0.39, 0.29) is 12.4 Å². The van der Waals surface area contributed by atoms with E-state index in [9.17, 15) is 9.00 Å². The van der Waals surface area contributed by atoms with Gasteiger partial charge in [0.1, 0.15) is 11.4 Å². The Labute approximate surface area is 131 Å². The van der Waals surface area contributed by atoms with Gasteiger partial charge in [-0.05, 0) is 36.5 Å². The minimum absolute atomic E-state index is 0.0997. The number of carbonyl (C=O) groups is 1. The molecule has 122 valence electrons. The first-order valence-corrected chi connectivity index (χ1v) is 7.88. The highest BCUT2D eigenvalue weighted by Gasteiger charge is 2.23. The number of hydrogen-bond acceptors (Lipinski definition) is 6. The van der Waals surface area contributed by atoms with Crippen molar-refractivity contribution in [2.75, 3.05) is 25.8 Å². The van der Waals surface area contributed by atoms with E-state index in [1.165, 1.54) is 14.2 Å². The zero-order chi connectivity index (χ0) is 16.1. The van der Waals surface area contributed by atoms with E-state index in [2.05, 4.69) is 4.74 Å². The number of nitrogens with zero attached hydrogens (tertiary/aromatic N) is 1. The topological polar surface area (TPSA) is 85.3 Å². The molecule has 1 aromatic rings. The molecule has 22 heavy (non-hydrogen) atoms. The molecular formula is C14H19NO6S. The second-order valence-corrected chi connectivity index (χ2v) is 5.68. The standard InChI is InChI=1S/C14H19NO6S/c1-15(21-22(17)18)12-7-11(8-14(16)19-2)5-6-13(12)20-9-10-3-4-10/h5-7,10H,3-4,8-9H2,1-2H3,(H,17,18). The van der Waals surface area contributed by atoms with Gasteiger partial charge in [0, 0.05) is 7.05 Å². The summed E-state index contributed by atoms with van der Waals surface area (Å²) in [5.74, 6) is 0.737. The van der Waals surface area contributed by atoms with Crippen LogP contribution < -0.4 is 9.80 Å². The highest BCUT2D eigenvalue weighted by atomic mass is 32.2. The molecule has 0 aliphatic heterocycles. The third-order valence-corrected chi connectivity index (χ3v) is 3.64.